The molecule has 0 aliphatic carbocycles. The number of hydrogen-bond acceptors (Lipinski definition) is 4. The Labute approximate surface area is 134 Å². The summed E-state index contributed by atoms with van der Waals surface area (Å²) in [6, 6.07) is 9.84. The summed E-state index contributed by atoms with van der Waals surface area (Å²) in [7, 11) is -3.19. The Balaban J connectivity index is 1.77. The van der Waals surface area contributed by atoms with Crippen LogP contribution in [0.4, 0.5) is 0 Å². The van der Waals surface area contributed by atoms with Gasteiger partial charge in [-0.2, -0.15) is 0 Å². The lowest BCUT2D eigenvalue weighted by Gasteiger charge is -2.20. The van der Waals surface area contributed by atoms with E-state index in [9.17, 15) is 13.2 Å². The van der Waals surface area contributed by atoms with Crippen molar-refractivity contribution in [3.8, 4) is 0 Å². The van der Waals surface area contributed by atoms with Crippen LogP contribution < -0.4 is 0 Å². The smallest absolute Gasteiger partial charge is 0.264 e. The van der Waals surface area contributed by atoms with Gasteiger partial charge in [0.1, 0.15) is 0 Å². The Hall–Kier alpha value is -1.44. The number of sulfonamides is 1. The maximum Gasteiger partial charge on any atom is 0.264 e. The van der Waals surface area contributed by atoms with Crippen molar-refractivity contribution >= 4 is 37.4 Å². The zero-order valence-electron chi connectivity index (χ0n) is 12.4. The Kier molecular flexibility index (Phi) is 4.20. The summed E-state index contributed by atoms with van der Waals surface area (Å²) in [5.41, 5.74) is 0. The molecule has 1 aromatic carbocycles. The molecule has 1 fully saturated rings. The molecule has 2 heterocycles. The Morgan fingerprint density at radius 3 is 2.64 bits per heavy atom. The summed E-state index contributed by atoms with van der Waals surface area (Å²) >= 11 is 1.49. The van der Waals surface area contributed by atoms with E-state index < -0.39 is 10.0 Å². The molecule has 0 unspecified atom stereocenters. The molecule has 1 aliphatic rings. The van der Waals surface area contributed by atoms with Gasteiger partial charge in [0.15, 0.2) is 0 Å². The maximum atomic E-state index is 12.6. The fraction of sp³-hybridized carbons (Fsp3) is 0.400. The van der Waals surface area contributed by atoms with Crippen molar-refractivity contribution in [3.05, 3.63) is 35.2 Å². The lowest BCUT2D eigenvalue weighted by molar-refractivity contribution is 0.0769. The second kappa shape index (κ2) is 5.98. The van der Waals surface area contributed by atoms with Crippen molar-refractivity contribution < 1.29 is 13.2 Å². The van der Waals surface area contributed by atoms with Crippen LogP contribution in [0.2, 0.25) is 0 Å². The van der Waals surface area contributed by atoms with Gasteiger partial charge in [0, 0.05) is 30.9 Å². The minimum Gasteiger partial charge on any atom is -0.337 e. The van der Waals surface area contributed by atoms with Crippen molar-refractivity contribution in [1.82, 2.24) is 9.21 Å². The SMILES string of the molecule is CS(=O)(=O)N1CCCN(C(=O)c2cc3ccccc3s2)CC1. The van der Waals surface area contributed by atoms with Gasteiger partial charge in [-0.25, -0.2) is 12.7 Å². The molecule has 1 aliphatic heterocycles. The molecule has 0 N–H and O–H groups in total. The maximum absolute atomic E-state index is 12.6. The normalized spacial score (nSPS) is 17.6. The summed E-state index contributed by atoms with van der Waals surface area (Å²) < 4.78 is 25.8. The molecule has 118 valence electrons. The first kappa shape index (κ1) is 15.5. The molecule has 1 saturated heterocycles. The summed E-state index contributed by atoms with van der Waals surface area (Å²) in [4.78, 5) is 15.1. The van der Waals surface area contributed by atoms with Gasteiger partial charge in [-0.3, -0.25) is 4.79 Å². The van der Waals surface area contributed by atoms with Gasteiger partial charge in [-0.05, 0) is 23.9 Å². The van der Waals surface area contributed by atoms with Crippen molar-refractivity contribution in [2.75, 3.05) is 32.4 Å². The lowest BCUT2D eigenvalue weighted by Crippen LogP contribution is -2.36. The van der Waals surface area contributed by atoms with E-state index in [1.54, 1.807) is 4.90 Å². The predicted molar refractivity (Wildman–Crippen MR) is 88.8 cm³/mol. The fourth-order valence-electron chi connectivity index (χ4n) is 2.67. The molecule has 0 saturated carbocycles. The molecule has 7 heteroatoms. The van der Waals surface area contributed by atoms with Gasteiger partial charge >= 0.3 is 0 Å². The third kappa shape index (κ3) is 3.16. The van der Waals surface area contributed by atoms with Crippen LogP contribution in [0.1, 0.15) is 16.1 Å². The number of nitrogens with zero attached hydrogens (tertiary/aromatic N) is 2. The van der Waals surface area contributed by atoms with Gasteiger partial charge in [0.05, 0.1) is 11.1 Å². The molecule has 2 aromatic rings. The molecule has 1 amide bonds. The van der Waals surface area contributed by atoms with E-state index in [0.717, 1.165) is 10.1 Å². The van der Waals surface area contributed by atoms with Gasteiger partial charge in [-0.1, -0.05) is 18.2 Å². The van der Waals surface area contributed by atoms with Crippen LogP contribution in [0, 0.1) is 0 Å². The van der Waals surface area contributed by atoms with Crippen molar-refractivity contribution in [1.29, 1.82) is 0 Å². The Morgan fingerprint density at radius 1 is 1.14 bits per heavy atom. The monoisotopic (exact) mass is 338 g/mol. The van der Waals surface area contributed by atoms with E-state index in [1.807, 2.05) is 30.3 Å². The number of rotatable bonds is 2. The van der Waals surface area contributed by atoms with E-state index in [0.29, 0.717) is 37.5 Å². The summed E-state index contributed by atoms with van der Waals surface area (Å²) in [6.07, 6.45) is 1.89. The zero-order chi connectivity index (χ0) is 15.7. The molecule has 22 heavy (non-hydrogen) atoms. The molecule has 0 atom stereocenters. The first-order valence-electron chi connectivity index (χ1n) is 7.18. The molecular formula is C15H18N2O3S2. The molecular weight excluding hydrogens is 320 g/mol. The number of carbonyl (C=O) groups excluding carboxylic acids is 1. The average molecular weight is 338 g/mol. The second-order valence-corrected chi connectivity index (χ2v) is 8.52. The highest BCUT2D eigenvalue weighted by Gasteiger charge is 2.25. The molecule has 0 radical (unpaired) electrons. The van der Waals surface area contributed by atoms with Gasteiger partial charge in [-0.15, -0.1) is 11.3 Å². The summed E-state index contributed by atoms with van der Waals surface area (Å²) in [5, 5.41) is 1.07. The Bertz CT molecular complexity index is 765. The van der Waals surface area contributed by atoms with Crippen LogP contribution in [0.5, 0.6) is 0 Å². The van der Waals surface area contributed by atoms with Crippen LogP contribution in [-0.2, 0) is 10.0 Å². The van der Waals surface area contributed by atoms with E-state index in [-0.39, 0.29) is 5.91 Å². The van der Waals surface area contributed by atoms with Gasteiger partial charge in [0.25, 0.3) is 5.91 Å². The molecule has 1 aromatic heterocycles. The predicted octanol–water partition coefficient (Wildman–Crippen LogP) is 2.01. The number of fused-ring (bicyclic) bond motifs is 1. The van der Waals surface area contributed by atoms with Gasteiger partial charge < -0.3 is 4.90 Å². The highest BCUT2D eigenvalue weighted by atomic mass is 32.2. The van der Waals surface area contributed by atoms with Crippen molar-refractivity contribution in [2.45, 2.75) is 6.42 Å². The van der Waals surface area contributed by atoms with Crippen LogP contribution in [0.25, 0.3) is 10.1 Å². The quantitative estimate of drug-likeness (QED) is 0.842. The van der Waals surface area contributed by atoms with Crippen LogP contribution >= 0.6 is 11.3 Å². The number of carbonyl (C=O) groups is 1. The van der Waals surface area contributed by atoms with Crippen LogP contribution in [0.3, 0.4) is 0 Å². The first-order chi connectivity index (χ1) is 10.4. The highest BCUT2D eigenvalue weighted by molar-refractivity contribution is 7.88. The zero-order valence-corrected chi connectivity index (χ0v) is 14.0. The molecule has 3 rings (SSSR count). The standard InChI is InChI=1S/C15H18N2O3S2/c1-22(19,20)17-8-4-7-16(9-10-17)15(18)14-11-12-5-2-3-6-13(12)21-14/h2-3,5-6,11H,4,7-10H2,1H3. The molecule has 0 bridgehead atoms. The topological polar surface area (TPSA) is 57.7 Å². The van der Waals surface area contributed by atoms with E-state index in [2.05, 4.69) is 0 Å². The average Bonchev–Trinajstić information content (AvgIpc) is 2.73. The molecule has 5 nitrogen and oxygen atoms in total. The largest absolute Gasteiger partial charge is 0.337 e. The lowest BCUT2D eigenvalue weighted by atomic mass is 10.2. The minimum atomic E-state index is -3.19. The van der Waals surface area contributed by atoms with E-state index in [1.165, 1.54) is 21.9 Å². The second-order valence-electron chi connectivity index (χ2n) is 5.46. The summed E-state index contributed by atoms with van der Waals surface area (Å²) in [5.74, 6) is -0.00319. The third-order valence-corrected chi connectivity index (χ3v) is 6.25. The number of thiophene rings is 1. The van der Waals surface area contributed by atoms with Gasteiger partial charge in [0.2, 0.25) is 10.0 Å². The fourth-order valence-corrected chi connectivity index (χ4v) is 4.58. The highest BCUT2D eigenvalue weighted by Crippen LogP contribution is 2.26. The van der Waals surface area contributed by atoms with Crippen molar-refractivity contribution in [3.63, 3.8) is 0 Å². The third-order valence-electron chi connectivity index (χ3n) is 3.85. The number of amides is 1. The van der Waals surface area contributed by atoms with Crippen LogP contribution in [-0.4, -0.2) is 56.0 Å². The minimum absolute atomic E-state index is 0.00319. The molecule has 0 spiro atoms. The number of hydrogen-bond donors (Lipinski definition) is 0. The summed E-state index contributed by atoms with van der Waals surface area (Å²) in [6.45, 7) is 1.89. The van der Waals surface area contributed by atoms with E-state index in [4.69, 9.17) is 0 Å². The first-order valence-corrected chi connectivity index (χ1v) is 9.84. The number of benzene rings is 1. The van der Waals surface area contributed by atoms with E-state index >= 15 is 0 Å². The Morgan fingerprint density at radius 2 is 1.91 bits per heavy atom. The van der Waals surface area contributed by atoms with Crippen molar-refractivity contribution in [2.24, 2.45) is 0 Å². The van der Waals surface area contributed by atoms with Crippen LogP contribution in [0.15, 0.2) is 30.3 Å².